The molecule has 0 radical (unpaired) electrons. The average Bonchev–Trinajstić information content (AvgIpc) is 2.99. The van der Waals surface area contributed by atoms with E-state index in [0.717, 1.165) is 11.3 Å². The van der Waals surface area contributed by atoms with Crippen molar-refractivity contribution in [2.45, 2.75) is 31.6 Å². The zero-order chi connectivity index (χ0) is 16.8. The van der Waals surface area contributed by atoms with Gasteiger partial charge in [0.2, 0.25) is 0 Å². The Bertz CT molecular complexity index is 819. The van der Waals surface area contributed by atoms with Crippen molar-refractivity contribution in [2.75, 3.05) is 7.11 Å². The Labute approximate surface area is 139 Å². The summed E-state index contributed by atoms with van der Waals surface area (Å²) in [6, 6.07) is 9.06. The molecule has 1 saturated carbocycles. The summed E-state index contributed by atoms with van der Waals surface area (Å²) in [5.74, 6) is 1.44. The van der Waals surface area contributed by atoms with Crippen molar-refractivity contribution in [1.82, 2.24) is 0 Å². The monoisotopic (exact) mass is 326 g/mol. The fourth-order valence-electron chi connectivity index (χ4n) is 3.98. The second kappa shape index (κ2) is 5.51. The smallest absolute Gasteiger partial charge is 0.315 e. The summed E-state index contributed by atoms with van der Waals surface area (Å²) >= 11 is 0. The van der Waals surface area contributed by atoms with Gasteiger partial charge in [0.1, 0.15) is 28.8 Å². The molecule has 2 aliphatic rings. The predicted molar refractivity (Wildman–Crippen MR) is 85.3 cm³/mol. The zero-order valence-corrected chi connectivity index (χ0v) is 13.6. The predicted octanol–water partition coefficient (Wildman–Crippen LogP) is 3.36. The van der Waals surface area contributed by atoms with E-state index in [0.29, 0.717) is 30.1 Å². The number of rotatable bonds is 2. The van der Waals surface area contributed by atoms with E-state index in [-0.39, 0.29) is 23.6 Å². The Morgan fingerprint density at radius 3 is 2.58 bits per heavy atom. The van der Waals surface area contributed by atoms with Gasteiger partial charge in [0.25, 0.3) is 0 Å². The van der Waals surface area contributed by atoms with Gasteiger partial charge in [-0.25, -0.2) is 0 Å². The molecule has 5 nitrogen and oxygen atoms in total. The second-order valence-electron chi connectivity index (χ2n) is 6.43. The first-order chi connectivity index (χ1) is 11.6. The van der Waals surface area contributed by atoms with E-state index in [1.54, 1.807) is 19.2 Å². The van der Waals surface area contributed by atoms with Crippen LogP contribution in [0, 0.1) is 12.8 Å². The van der Waals surface area contributed by atoms with Crippen LogP contribution in [0.3, 0.4) is 0 Å². The first-order valence-corrected chi connectivity index (χ1v) is 8.05. The van der Waals surface area contributed by atoms with E-state index in [1.165, 1.54) is 0 Å². The van der Waals surface area contributed by atoms with Crippen LogP contribution in [0.2, 0.25) is 0 Å². The molecule has 24 heavy (non-hydrogen) atoms. The molecule has 0 spiro atoms. The molecule has 124 valence electrons. The minimum Gasteiger partial charge on any atom is -0.496 e. The first-order valence-electron chi connectivity index (χ1n) is 8.05. The number of Topliss-reactive ketones (excluding diaryl/α,β-unsaturated/α-hetero) is 1. The number of carbonyl (C=O) groups is 2. The minimum atomic E-state index is -0.433. The highest BCUT2D eigenvalue weighted by Gasteiger charge is 2.49. The van der Waals surface area contributed by atoms with Gasteiger partial charge < -0.3 is 13.9 Å². The summed E-state index contributed by atoms with van der Waals surface area (Å²) < 4.78 is 16.7. The number of aryl methyl sites for hydroxylation is 1. The van der Waals surface area contributed by atoms with Crippen molar-refractivity contribution in [3.8, 4) is 11.5 Å². The Hall–Kier alpha value is -2.56. The van der Waals surface area contributed by atoms with Gasteiger partial charge in [0.15, 0.2) is 0 Å². The van der Waals surface area contributed by atoms with Gasteiger partial charge in [0, 0.05) is 30.2 Å². The van der Waals surface area contributed by atoms with Crippen molar-refractivity contribution in [3.63, 3.8) is 0 Å². The van der Waals surface area contributed by atoms with E-state index in [9.17, 15) is 9.59 Å². The molecule has 1 aromatic carbocycles. The molecule has 1 aromatic heterocycles. The van der Waals surface area contributed by atoms with Crippen LogP contribution in [-0.2, 0) is 9.59 Å². The first kappa shape index (κ1) is 15.0. The van der Waals surface area contributed by atoms with Gasteiger partial charge >= 0.3 is 5.97 Å². The maximum absolute atomic E-state index is 12.7. The summed E-state index contributed by atoms with van der Waals surface area (Å²) in [5.41, 5.74) is 0.811. The number of fused-ring (bicyclic) bond motifs is 3. The largest absolute Gasteiger partial charge is 0.496 e. The fourth-order valence-corrected chi connectivity index (χ4v) is 3.98. The molecule has 1 fully saturated rings. The van der Waals surface area contributed by atoms with Crippen LogP contribution in [0.5, 0.6) is 11.5 Å². The van der Waals surface area contributed by atoms with Crippen LogP contribution in [0.4, 0.5) is 0 Å². The zero-order valence-electron chi connectivity index (χ0n) is 13.6. The lowest BCUT2D eigenvalue weighted by molar-refractivity contribution is -0.144. The van der Waals surface area contributed by atoms with Crippen LogP contribution in [0.25, 0.3) is 0 Å². The standard InChI is InChI=1S/C19H18O5/c1-10-6-7-14(23-10)12-8-11(20)9-13-17(12)19(21)24-16-5-3-4-15(22-2)18(13)16/h3-7,12-13,17H,8-9H2,1-2H3/t12-,13?,17-/m1/s1. The normalized spacial score (nSPS) is 25.7. The summed E-state index contributed by atoms with van der Waals surface area (Å²) in [6.07, 6.45) is 0.622. The molecule has 3 atom stereocenters. The van der Waals surface area contributed by atoms with Crippen molar-refractivity contribution < 1.29 is 23.5 Å². The van der Waals surface area contributed by atoms with E-state index in [4.69, 9.17) is 13.9 Å². The molecular formula is C19H18O5. The second-order valence-corrected chi connectivity index (χ2v) is 6.43. The van der Waals surface area contributed by atoms with Crippen LogP contribution < -0.4 is 9.47 Å². The molecule has 1 aliphatic heterocycles. The number of carbonyl (C=O) groups excluding carboxylic acids is 2. The van der Waals surface area contributed by atoms with Gasteiger partial charge in [-0.15, -0.1) is 0 Å². The van der Waals surface area contributed by atoms with Gasteiger partial charge in [-0.05, 0) is 31.2 Å². The number of furan rings is 1. The number of hydrogen-bond acceptors (Lipinski definition) is 5. The number of hydrogen-bond donors (Lipinski definition) is 0. The Morgan fingerprint density at radius 1 is 1.08 bits per heavy atom. The SMILES string of the molecule is COc1cccc2c1C1CC(=O)C[C@H](c3ccc(C)o3)[C@H]1C(=O)O2. The summed E-state index contributed by atoms with van der Waals surface area (Å²) in [4.78, 5) is 25.1. The topological polar surface area (TPSA) is 65.7 Å². The fraction of sp³-hybridized carbons (Fsp3) is 0.368. The van der Waals surface area contributed by atoms with Crippen molar-refractivity contribution in [3.05, 3.63) is 47.4 Å². The summed E-state index contributed by atoms with van der Waals surface area (Å²) in [6.45, 7) is 1.85. The van der Waals surface area contributed by atoms with Crippen molar-refractivity contribution in [2.24, 2.45) is 5.92 Å². The molecule has 2 heterocycles. The lowest BCUT2D eigenvalue weighted by atomic mass is 9.66. The lowest BCUT2D eigenvalue weighted by Gasteiger charge is -2.39. The van der Waals surface area contributed by atoms with Gasteiger partial charge in [0.05, 0.1) is 13.0 Å². The highest BCUT2D eigenvalue weighted by molar-refractivity contribution is 5.89. The molecule has 4 rings (SSSR count). The number of ether oxygens (including phenoxy) is 2. The Morgan fingerprint density at radius 2 is 1.88 bits per heavy atom. The number of benzene rings is 1. The van der Waals surface area contributed by atoms with E-state index in [1.807, 2.05) is 25.1 Å². The molecule has 2 aromatic rings. The Kier molecular flexibility index (Phi) is 3.44. The van der Waals surface area contributed by atoms with Crippen LogP contribution in [0.15, 0.2) is 34.7 Å². The van der Waals surface area contributed by atoms with Crippen molar-refractivity contribution in [1.29, 1.82) is 0 Å². The van der Waals surface area contributed by atoms with Gasteiger partial charge in [-0.3, -0.25) is 9.59 Å². The number of ketones is 1. The molecule has 1 aliphatic carbocycles. The molecule has 0 amide bonds. The van der Waals surface area contributed by atoms with Crippen LogP contribution >= 0.6 is 0 Å². The van der Waals surface area contributed by atoms with Crippen LogP contribution in [-0.4, -0.2) is 18.9 Å². The molecular weight excluding hydrogens is 308 g/mol. The molecule has 0 saturated heterocycles. The molecule has 1 unspecified atom stereocenters. The molecule has 5 heteroatoms. The lowest BCUT2D eigenvalue weighted by Crippen LogP contribution is -2.41. The average molecular weight is 326 g/mol. The molecule has 0 N–H and O–H groups in total. The van der Waals surface area contributed by atoms with Crippen molar-refractivity contribution >= 4 is 11.8 Å². The van der Waals surface area contributed by atoms with Gasteiger partial charge in [-0.2, -0.15) is 0 Å². The van der Waals surface area contributed by atoms with Crippen LogP contribution in [0.1, 0.15) is 41.8 Å². The number of methoxy groups -OCH3 is 1. The highest BCUT2D eigenvalue weighted by atomic mass is 16.5. The maximum atomic E-state index is 12.7. The minimum absolute atomic E-state index is 0.127. The Balaban J connectivity index is 1.84. The quantitative estimate of drug-likeness (QED) is 0.625. The van der Waals surface area contributed by atoms with Gasteiger partial charge in [-0.1, -0.05) is 6.07 Å². The third-order valence-corrected chi connectivity index (χ3v) is 4.99. The van der Waals surface area contributed by atoms with E-state index in [2.05, 4.69) is 0 Å². The number of esters is 1. The molecule has 0 bridgehead atoms. The highest BCUT2D eigenvalue weighted by Crippen LogP contribution is 2.53. The summed E-state index contributed by atoms with van der Waals surface area (Å²) in [5, 5.41) is 0. The summed E-state index contributed by atoms with van der Waals surface area (Å²) in [7, 11) is 1.58. The third-order valence-electron chi connectivity index (χ3n) is 4.99. The van der Waals surface area contributed by atoms with E-state index < -0.39 is 5.92 Å². The third kappa shape index (κ3) is 2.23. The maximum Gasteiger partial charge on any atom is 0.315 e. The van der Waals surface area contributed by atoms with E-state index >= 15 is 0 Å².